The van der Waals surface area contributed by atoms with E-state index in [9.17, 15) is 4.79 Å². The molecule has 0 aromatic heterocycles. The molecule has 0 saturated carbocycles. The third-order valence-corrected chi connectivity index (χ3v) is 4.42. The highest BCUT2D eigenvalue weighted by Crippen LogP contribution is 2.26. The van der Waals surface area contributed by atoms with Crippen LogP contribution in [-0.4, -0.2) is 12.6 Å². The number of benzene rings is 2. The Morgan fingerprint density at radius 1 is 1.00 bits per heavy atom. The minimum atomic E-state index is -0.237. The van der Waals surface area contributed by atoms with Gasteiger partial charge < -0.3 is 9.47 Å². The minimum absolute atomic E-state index is 0.237. The van der Waals surface area contributed by atoms with E-state index in [2.05, 4.69) is 0 Å². The van der Waals surface area contributed by atoms with Crippen molar-refractivity contribution in [2.24, 2.45) is 0 Å². The van der Waals surface area contributed by atoms with Crippen LogP contribution in [-0.2, 0) is 4.79 Å². The molecule has 0 heterocycles. The van der Waals surface area contributed by atoms with Gasteiger partial charge in [-0.15, -0.1) is 0 Å². The number of aryl methyl sites for hydroxylation is 4. The summed E-state index contributed by atoms with van der Waals surface area (Å²) >= 11 is 6.14. The molecule has 4 heteroatoms. The zero-order chi connectivity index (χ0) is 17.7. The first kappa shape index (κ1) is 18.3. The molecule has 128 valence electrons. The Morgan fingerprint density at radius 2 is 1.58 bits per heavy atom. The lowest BCUT2D eigenvalue weighted by Crippen LogP contribution is -2.11. The van der Waals surface area contributed by atoms with E-state index >= 15 is 0 Å². The molecular formula is C20H23ClO3. The van der Waals surface area contributed by atoms with Crippen LogP contribution in [0.1, 0.15) is 35.1 Å². The Hall–Kier alpha value is -2.00. The molecule has 0 aliphatic rings. The second kappa shape index (κ2) is 8.20. The van der Waals surface area contributed by atoms with Crippen LogP contribution in [0.3, 0.4) is 0 Å². The molecule has 0 saturated heterocycles. The molecule has 0 aliphatic heterocycles. The van der Waals surface area contributed by atoms with E-state index in [-0.39, 0.29) is 5.97 Å². The summed E-state index contributed by atoms with van der Waals surface area (Å²) < 4.78 is 11.2. The average Bonchev–Trinajstić information content (AvgIpc) is 2.53. The maximum Gasteiger partial charge on any atom is 0.311 e. The molecule has 0 unspecified atom stereocenters. The molecule has 2 aromatic rings. The zero-order valence-electron chi connectivity index (χ0n) is 14.6. The molecule has 0 amide bonds. The van der Waals surface area contributed by atoms with E-state index in [1.807, 2.05) is 58.0 Å². The van der Waals surface area contributed by atoms with Crippen LogP contribution in [0.4, 0.5) is 0 Å². The molecule has 0 aliphatic carbocycles. The Labute approximate surface area is 148 Å². The summed E-state index contributed by atoms with van der Waals surface area (Å²) in [5.41, 5.74) is 3.90. The lowest BCUT2D eigenvalue weighted by Gasteiger charge is -2.11. The highest BCUT2D eigenvalue weighted by molar-refractivity contribution is 6.32. The largest absolute Gasteiger partial charge is 0.494 e. The van der Waals surface area contributed by atoms with E-state index in [1.54, 1.807) is 0 Å². The quantitative estimate of drug-likeness (QED) is 0.402. The molecule has 0 bridgehead atoms. The summed E-state index contributed by atoms with van der Waals surface area (Å²) in [5.74, 6) is 1.20. The van der Waals surface area contributed by atoms with E-state index in [1.165, 1.54) is 0 Å². The number of carbonyl (C=O) groups is 1. The van der Waals surface area contributed by atoms with Gasteiger partial charge in [-0.2, -0.15) is 0 Å². The fourth-order valence-electron chi connectivity index (χ4n) is 2.52. The molecule has 0 atom stereocenters. The van der Waals surface area contributed by atoms with Gasteiger partial charge in [0.2, 0.25) is 0 Å². The third-order valence-electron chi connectivity index (χ3n) is 3.83. The van der Waals surface area contributed by atoms with Gasteiger partial charge in [-0.05, 0) is 68.5 Å². The van der Waals surface area contributed by atoms with Crippen molar-refractivity contribution in [1.29, 1.82) is 0 Å². The minimum Gasteiger partial charge on any atom is -0.494 e. The fraction of sp³-hybridized carbons (Fsp3) is 0.350. The van der Waals surface area contributed by atoms with Crippen LogP contribution in [0.5, 0.6) is 11.5 Å². The monoisotopic (exact) mass is 346 g/mol. The van der Waals surface area contributed by atoms with Crippen molar-refractivity contribution in [2.45, 2.75) is 40.5 Å². The van der Waals surface area contributed by atoms with Crippen LogP contribution in [0.15, 0.2) is 30.3 Å². The molecule has 0 N–H and O–H groups in total. The summed E-state index contributed by atoms with van der Waals surface area (Å²) in [5, 5.41) is 0.763. The first-order chi connectivity index (χ1) is 11.4. The summed E-state index contributed by atoms with van der Waals surface area (Å²) in [4.78, 5) is 12.0. The smallest absolute Gasteiger partial charge is 0.311 e. The summed E-state index contributed by atoms with van der Waals surface area (Å²) in [6, 6.07) is 9.63. The number of para-hydroxylation sites is 1. The van der Waals surface area contributed by atoms with E-state index in [0.717, 1.165) is 33.0 Å². The number of halogens is 1. The van der Waals surface area contributed by atoms with Gasteiger partial charge in [0, 0.05) is 11.4 Å². The number of hydrogen-bond donors (Lipinski definition) is 0. The molecule has 3 nitrogen and oxygen atoms in total. The number of carbonyl (C=O) groups excluding carboxylic acids is 1. The van der Waals surface area contributed by atoms with E-state index < -0.39 is 0 Å². The number of ether oxygens (including phenoxy) is 2. The average molecular weight is 347 g/mol. The molecule has 2 aromatic carbocycles. The second-order valence-corrected chi connectivity index (χ2v) is 6.40. The normalized spacial score (nSPS) is 10.5. The van der Waals surface area contributed by atoms with Gasteiger partial charge in [0.1, 0.15) is 11.5 Å². The Bertz CT molecular complexity index is 694. The Balaban J connectivity index is 1.81. The highest BCUT2D eigenvalue weighted by atomic mass is 35.5. The van der Waals surface area contributed by atoms with Gasteiger partial charge in [0.25, 0.3) is 0 Å². The predicted octanol–water partition coefficient (Wildman–Crippen LogP) is 5.34. The van der Waals surface area contributed by atoms with Gasteiger partial charge >= 0.3 is 5.97 Å². The molecule has 2 rings (SSSR count). The number of rotatable bonds is 6. The second-order valence-electron chi connectivity index (χ2n) is 6.02. The van der Waals surface area contributed by atoms with Gasteiger partial charge in [-0.1, -0.05) is 29.8 Å². The van der Waals surface area contributed by atoms with Crippen molar-refractivity contribution in [1.82, 2.24) is 0 Å². The van der Waals surface area contributed by atoms with E-state index in [4.69, 9.17) is 21.1 Å². The maximum atomic E-state index is 12.0. The summed E-state index contributed by atoms with van der Waals surface area (Å²) in [6.45, 7) is 8.23. The standard InChI is InChI=1S/C20H23ClO3/c1-13-7-5-8-14(2)20(13)24-18(22)9-6-10-23-17-11-15(3)19(21)16(4)12-17/h5,7-8,11-12H,6,9-10H2,1-4H3. The van der Waals surface area contributed by atoms with Crippen LogP contribution in [0.2, 0.25) is 5.02 Å². The molecule has 0 spiro atoms. The lowest BCUT2D eigenvalue weighted by molar-refractivity contribution is -0.134. The Kier molecular flexibility index (Phi) is 6.27. The Morgan fingerprint density at radius 3 is 2.17 bits per heavy atom. The SMILES string of the molecule is Cc1cc(OCCCC(=O)Oc2c(C)cccc2C)cc(C)c1Cl. The molecule has 24 heavy (non-hydrogen) atoms. The first-order valence-corrected chi connectivity index (χ1v) is 8.42. The van der Waals surface area contributed by atoms with Gasteiger partial charge in [-0.25, -0.2) is 0 Å². The van der Waals surface area contributed by atoms with Crippen LogP contribution in [0.25, 0.3) is 0 Å². The van der Waals surface area contributed by atoms with Crippen LogP contribution >= 0.6 is 11.6 Å². The molecule has 0 radical (unpaired) electrons. The highest BCUT2D eigenvalue weighted by Gasteiger charge is 2.10. The van der Waals surface area contributed by atoms with E-state index in [0.29, 0.717) is 25.2 Å². The first-order valence-electron chi connectivity index (χ1n) is 8.05. The summed E-state index contributed by atoms with van der Waals surface area (Å²) in [7, 11) is 0. The van der Waals surface area contributed by atoms with Crippen molar-refractivity contribution >= 4 is 17.6 Å². The number of hydrogen-bond acceptors (Lipinski definition) is 3. The predicted molar refractivity (Wildman–Crippen MR) is 97.2 cm³/mol. The van der Waals surface area contributed by atoms with Gasteiger partial charge in [0.05, 0.1) is 6.61 Å². The van der Waals surface area contributed by atoms with Gasteiger partial charge in [0.15, 0.2) is 0 Å². The molecule has 0 fully saturated rings. The third kappa shape index (κ3) is 4.75. The van der Waals surface area contributed by atoms with Crippen molar-refractivity contribution < 1.29 is 14.3 Å². The van der Waals surface area contributed by atoms with Crippen LogP contribution in [0, 0.1) is 27.7 Å². The van der Waals surface area contributed by atoms with Crippen molar-refractivity contribution in [2.75, 3.05) is 6.61 Å². The maximum absolute atomic E-state index is 12.0. The topological polar surface area (TPSA) is 35.5 Å². The number of esters is 1. The summed E-state index contributed by atoms with van der Waals surface area (Å²) in [6.07, 6.45) is 0.920. The van der Waals surface area contributed by atoms with Crippen molar-refractivity contribution in [3.05, 3.63) is 57.6 Å². The zero-order valence-corrected chi connectivity index (χ0v) is 15.4. The van der Waals surface area contributed by atoms with Gasteiger partial charge in [-0.3, -0.25) is 4.79 Å². The van der Waals surface area contributed by atoms with Crippen molar-refractivity contribution in [3.63, 3.8) is 0 Å². The molecular weight excluding hydrogens is 324 g/mol. The lowest BCUT2D eigenvalue weighted by atomic mass is 10.1. The van der Waals surface area contributed by atoms with Crippen molar-refractivity contribution in [3.8, 4) is 11.5 Å². The fourth-order valence-corrected chi connectivity index (χ4v) is 2.63. The van der Waals surface area contributed by atoms with Crippen LogP contribution < -0.4 is 9.47 Å².